The summed E-state index contributed by atoms with van der Waals surface area (Å²) in [6, 6.07) is 0. The number of hydrogen-bond acceptors (Lipinski definition) is 3. The van der Waals surface area contributed by atoms with E-state index in [1.807, 2.05) is 6.08 Å². The molecule has 3 rings (SSSR count). The summed E-state index contributed by atoms with van der Waals surface area (Å²) in [5.74, 6) is 0.837. The van der Waals surface area contributed by atoms with E-state index in [9.17, 15) is 15.0 Å². The van der Waals surface area contributed by atoms with Gasteiger partial charge in [-0.3, -0.25) is 4.79 Å². The molecule has 0 amide bonds. The highest BCUT2D eigenvalue weighted by Gasteiger charge is 2.62. The van der Waals surface area contributed by atoms with Gasteiger partial charge in [0.15, 0.2) is 0 Å². The standard InChI is InChI=1S/C25H40O4/c1-16(2)25-15-14-22(27)19(12-13-21(26)18-8-5-4-6-9-18)24(25)17(3)20(25)10-7-11-23(28)29/h10,12-13,16-19,21-22,24,26-27H,4-9,11,14-15H2,1-3H3,(H,28,29)/t17?,19-,21?,22+,24-,25-/m1/s1. The molecule has 4 nitrogen and oxygen atoms in total. The average molecular weight is 405 g/mol. The maximum Gasteiger partial charge on any atom is 0.303 e. The van der Waals surface area contributed by atoms with Crippen molar-refractivity contribution >= 4 is 5.97 Å². The van der Waals surface area contributed by atoms with Crippen molar-refractivity contribution < 1.29 is 20.1 Å². The van der Waals surface area contributed by atoms with Crippen LogP contribution in [0.25, 0.3) is 0 Å². The summed E-state index contributed by atoms with van der Waals surface area (Å²) >= 11 is 0. The van der Waals surface area contributed by atoms with Crippen molar-refractivity contribution in [2.24, 2.45) is 35.0 Å². The molecule has 0 radical (unpaired) electrons. The molecule has 0 spiro atoms. The monoisotopic (exact) mass is 404 g/mol. The van der Waals surface area contributed by atoms with E-state index >= 15 is 0 Å². The maximum absolute atomic E-state index is 10.9. The number of fused-ring (bicyclic) bond motifs is 1. The minimum Gasteiger partial charge on any atom is -0.481 e. The number of carboxylic acid groups (broad SMARTS) is 1. The van der Waals surface area contributed by atoms with Crippen LogP contribution in [0.3, 0.4) is 0 Å². The molecule has 164 valence electrons. The first-order valence-electron chi connectivity index (χ1n) is 11.8. The fourth-order valence-corrected chi connectivity index (χ4v) is 6.82. The van der Waals surface area contributed by atoms with Gasteiger partial charge in [0.1, 0.15) is 0 Å². The Bertz CT molecular complexity index is 631. The average Bonchev–Trinajstić information content (AvgIpc) is 2.70. The molecule has 0 aromatic rings. The van der Waals surface area contributed by atoms with Gasteiger partial charge in [0, 0.05) is 12.3 Å². The molecule has 3 aliphatic rings. The second-order valence-electron chi connectivity index (χ2n) is 10.1. The summed E-state index contributed by atoms with van der Waals surface area (Å²) in [4.78, 5) is 10.9. The molecule has 3 fully saturated rings. The van der Waals surface area contributed by atoms with Crippen molar-refractivity contribution in [1.29, 1.82) is 0 Å². The molecule has 4 heteroatoms. The van der Waals surface area contributed by atoms with Crippen LogP contribution in [0.1, 0.15) is 78.6 Å². The van der Waals surface area contributed by atoms with Crippen LogP contribution in [-0.2, 0) is 4.79 Å². The molecule has 0 saturated heterocycles. The van der Waals surface area contributed by atoms with Gasteiger partial charge in [-0.25, -0.2) is 0 Å². The van der Waals surface area contributed by atoms with E-state index in [0.29, 0.717) is 30.1 Å². The van der Waals surface area contributed by atoms with Crippen LogP contribution in [0.4, 0.5) is 0 Å². The van der Waals surface area contributed by atoms with Gasteiger partial charge in [0.25, 0.3) is 0 Å². The first-order chi connectivity index (χ1) is 13.8. The zero-order valence-electron chi connectivity index (χ0n) is 18.4. The van der Waals surface area contributed by atoms with Gasteiger partial charge in [0.2, 0.25) is 0 Å². The van der Waals surface area contributed by atoms with Gasteiger partial charge in [-0.05, 0) is 61.2 Å². The number of aliphatic carboxylic acids is 1. The molecule has 3 aliphatic carbocycles. The number of carboxylic acids is 1. The minimum atomic E-state index is -0.749. The second-order valence-corrected chi connectivity index (χ2v) is 10.1. The predicted octanol–water partition coefficient (Wildman–Crippen LogP) is 4.95. The van der Waals surface area contributed by atoms with Crippen LogP contribution in [0, 0.1) is 35.0 Å². The van der Waals surface area contributed by atoms with E-state index in [4.69, 9.17) is 5.11 Å². The quantitative estimate of drug-likeness (QED) is 0.524. The molecule has 0 aliphatic heterocycles. The number of rotatable bonds is 7. The Morgan fingerprint density at radius 2 is 1.90 bits per heavy atom. The number of aliphatic hydroxyl groups excluding tert-OH is 2. The van der Waals surface area contributed by atoms with Gasteiger partial charge in [0.05, 0.1) is 12.2 Å². The minimum absolute atomic E-state index is 0.0575. The first-order valence-corrected chi connectivity index (χ1v) is 11.8. The van der Waals surface area contributed by atoms with Crippen molar-refractivity contribution in [3.8, 4) is 0 Å². The summed E-state index contributed by atoms with van der Waals surface area (Å²) in [6.07, 6.45) is 13.9. The van der Waals surface area contributed by atoms with Gasteiger partial charge in [-0.1, -0.05) is 63.8 Å². The molecule has 0 aromatic carbocycles. The summed E-state index contributed by atoms with van der Waals surface area (Å²) in [5.41, 5.74) is 1.46. The van der Waals surface area contributed by atoms with E-state index in [-0.39, 0.29) is 23.9 Å². The van der Waals surface area contributed by atoms with Crippen LogP contribution in [0.15, 0.2) is 23.8 Å². The van der Waals surface area contributed by atoms with E-state index in [1.165, 1.54) is 24.8 Å². The van der Waals surface area contributed by atoms with Crippen LogP contribution in [0.5, 0.6) is 0 Å². The molecule has 0 bridgehead atoms. The lowest BCUT2D eigenvalue weighted by molar-refractivity contribution is -0.136. The molecule has 3 N–H and O–H groups in total. The van der Waals surface area contributed by atoms with Crippen molar-refractivity contribution in [1.82, 2.24) is 0 Å². The molecule has 29 heavy (non-hydrogen) atoms. The smallest absolute Gasteiger partial charge is 0.303 e. The Labute approximate surface area is 176 Å². The number of allylic oxidation sites excluding steroid dienone is 2. The highest BCUT2D eigenvalue weighted by molar-refractivity contribution is 5.66. The third-order valence-electron chi connectivity index (χ3n) is 8.29. The van der Waals surface area contributed by atoms with E-state index in [0.717, 1.165) is 25.7 Å². The summed E-state index contributed by atoms with van der Waals surface area (Å²) in [6.45, 7) is 6.76. The Kier molecular flexibility index (Phi) is 7.27. The SMILES string of the molecule is CC1C(=CCCC(=O)O)[C@]2(C(C)C)CC[C@H](O)[C@@H](C=CC(O)C3CCCCC3)[C@@H]12. The Morgan fingerprint density at radius 1 is 1.21 bits per heavy atom. The van der Waals surface area contributed by atoms with Gasteiger partial charge in [-0.2, -0.15) is 0 Å². The third kappa shape index (κ3) is 4.34. The normalized spacial score (nSPS) is 38.2. The lowest BCUT2D eigenvalue weighted by Crippen LogP contribution is -2.60. The van der Waals surface area contributed by atoms with Crippen LogP contribution in [-0.4, -0.2) is 33.5 Å². The van der Waals surface area contributed by atoms with E-state index < -0.39 is 12.1 Å². The van der Waals surface area contributed by atoms with Gasteiger partial charge >= 0.3 is 5.97 Å². The number of hydrogen-bond donors (Lipinski definition) is 3. The highest BCUT2D eigenvalue weighted by Crippen LogP contribution is 2.67. The molecule has 0 heterocycles. The fraction of sp³-hybridized carbons (Fsp3) is 0.800. The van der Waals surface area contributed by atoms with Crippen molar-refractivity contribution in [3.63, 3.8) is 0 Å². The number of carbonyl (C=O) groups is 1. The van der Waals surface area contributed by atoms with E-state index in [1.54, 1.807) is 0 Å². The second kappa shape index (κ2) is 9.34. The van der Waals surface area contributed by atoms with E-state index in [2.05, 4.69) is 32.9 Å². The van der Waals surface area contributed by atoms with Crippen LogP contribution < -0.4 is 0 Å². The zero-order chi connectivity index (χ0) is 21.2. The van der Waals surface area contributed by atoms with Crippen LogP contribution >= 0.6 is 0 Å². The molecule has 2 unspecified atom stereocenters. The van der Waals surface area contributed by atoms with Gasteiger partial charge < -0.3 is 15.3 Å². The topological polar surface area (TPSA) is 77.8 Å². The molecule has 6 atom stereocenters. The van der Waals surface area contributed by atoms with Crippen molar-refractivity contribution in [2.45, 2.75) is 90.8 Å². The molecular formula is C25H40O4. The summed E-state index contributed by atoms with van der Waals surface area (Å²) in [7, 11) is 0. The third-order valence-corrected chi connectivity index (χ3v) is 8.29. The number of aliphatic hydroxyl groups is 2. The summed E-state index contributed by atoms with van der Waals surface area (Å²) < 4.78 is 0. The van der Waals surface area contributed by atoms with Gasteiger partial charge in [-0.15, -0.1) is 0 Å². The maximum atomic E-state index is 10.9. The molecular weight excluding hydrogens is 364 g/mol. The largest absolute Gasteiger partial charge is 0.481 e. The van der Waals surface area contributed by atoms with Crippen LogP contribution in [0.2, 0.25) is 0 Å². The Balaban J connectivity index is 1.78. The van der Waals surface area contributed by atoms with Crippen molar-refractivity contribution in [2.75, 3.05) is 0 Å². The highest BCUT2D eigenvalue weighted by atomic mass is 16.4. The molecule has 0 aromatic heterocycles. The molecule has 3 saturated carbocycles. The zero-order valence-corrected chi connectivity index (χ0v) is 18.4. The first kappa shape index (κ1) is 22.6. The Morgan fingerprint density at radius 3 is 2.52 bits per heavy atom. The Hall–Kier alpha value is -1.13. The predicted molar refractivity (Wildman–Crippen MR) is 115 cm³/mol. The van der Waals surface area contributed by atoms with Crippen molar-refractivity contribution in [3.05, 3.63) is 23.8 Å². The lowest BCUT2D eigenvalue weighted by Gasteiger charge is -2.65. The lowest BCUT2D eigenvalue weighted by atomic mass is 9.39. The fourth-order valence-electron chi connectivity index (χ4n) is 6.82. The summed E-state index contributed by atoms with van der Waals surface area (Å²) in [5, 5.41) is 30.5.